The molecule has 3 rings (SSSR count). The van der Waals surface area contributed by atoms with E-state index in [1.165, 1.54) is 0 Å². The Morgan fingerprint density at radius 3 is 2.57 bits per heavy atom. The molecule has 0 fully saturated rings. The molecule has 3 aromatic rings. The van der Waals surface area contributed by atoms with Crippen molar-refractivity contribution in [1.82, 2.24) is 9.78 Å². The molecule has 0 spiro atoms. The molecule has 7 heteroatoms. The van der Waals surface area contributed by atoms with Gasteiger partial charge in [-0.1, -0.05) is 37.3 Å². The monoisotopic (exact) mass is 409 g/mol. The Bertz CT molecular complexity index is 970. The molecule has 1 heterocycles. The van der Waals surface area contributed by atoms with E-state index in [1.54, 1.807) is 38.6 Å². The van der Waals surface area contributed by atoms with Gasteiger partial charge in [0.25, 0.3) is 5.91 Å². The lowest BCUT2D eigenvalue weighted by atomic mass is 10.1. The first kappa shape index (κ1) is 21.4. The van der Waals surface area contributed by atoms with Crippen LogP contribution >= 0.6 is 0 Å². The SMILES string of the molecule is CCc1c(C(=O)Nc2ccc(OC)c(OCCOC)c2)cnn1Cc1ccccc1. The van der Waals surface area contributed by atoms with Gasteiger partial charge < -0.3 is 19.5 Å². The Morgan fingerprint density at radius 1 is 1.07 bits per heavy atom. The lowest BCUT2D eigenvalue weighted by molar-refractivity contribution is 0.102. The molecule has 0 atom stereocenters. The van der Waals surface area contributed by atoms with Crippen LogP contribution in [0.25, 0.3) is 0 Å². The predicted molar refractivity (Wildman–Crippen MR) is 115 cm³/mol. The van der Waals surface area contributed by atoms with E-state index in [-0.39, 0.29) is 5.91 Å². The standard InChI is InChI=1S/C23H27N3O4/c1-4-20-19(15-24-26(20)16-17-8-6-5-7-9-17)23(27)25-18-10-11-21(29-3)22(14-18)30-13-12-28-2/h5-11,14-15H,4,12-13,16H2,1-3H3,(H,25,27). The lowest BCUT2D eigenvalue weighted by Gasteiger charge is -2.13. The Morgan fingerprint density at radius 2 is 1.87 bits per heavy atom. The summed E-state index contributed by atoms with van der Waals surface area (Å²) in [4.78, 5) is 12.9. The highest BCUT2D eigenvalue weighted by molar-refractivity contribution is 6.05. The fraction of sp³-hybridized carbons (Fsp3) is 0.304. The van der Waals surface area contributed by atoms with Gasteiger partial charge in [-0.25, -0.2) is 0 Å². The third-order valence-corrected chi connectivity index (χ3v) is 4.67. The third kappa shape index (κ3) is 5.18. The highest BCUT2D eigenvalue weighted by Crippen LogP contribution is 2.30. The Labute approximate surface area is 176 Å². The van der Waals surface area contributed by atoms with Crippen LogP contribution in [0.2, 0.25) is 0 Å². The summed E-state index contributed by atoms with van der Waals surface area (Å²) in [5.74, 6) is 0.927. The quantitative estimate of drug-likeness (QED) is 0.516. The van der Waals surface area contributed by atoms with E-state index in [4.69, 9.17) is 14.2 Å². The normalized spacial score (nSPS) is 10.6. The Kier molecular flexibility index (Phi) is 7.45. The van der Waals surface area contributed by atoms with Gasteiger partial charge in [-0.05, 0) is 24.1 Å². The summed E-state index contributed by atoms with van der Waals surface area (Å²) in [6, 6.07) is 15.3. The number of nitrogens with one attached hydrogen (secondary N) is 1. The minimum absolute atomic E-state index is 0.209. The summed E-state index contributed by atoms with van der Waals surface area (Å²) in [5, 5.41) is 7.37. The first-order valence-corrected chi connectivity index (χ1v) is 9.86. The topological polar surface area (TPSA) is 74.6 Å². The number of anilines is 1. The van der Waals surface area contributed by atoms with E-state index in [0.717, 1.165) is 11.3 Å². The van der Waals surface area contributed by atoms with Crippen LogP contribution in [0.5, 0.6) is 11.5 Å². The van der Waals surface area contributed by atoms with Gasteiger partial charge in [-0.15, -0.1) is 0 Å². The molecule has 0 unspecified atom stereocenters. The second-order valence-electron chi connectivity index (χ2n) is 6.66. The van der Waals surface area contributed by atoms with Crippen molar-refractivity contribution in [2.75, 3.05) is 32.8 Å². The molecule has 0 bridgehead atoms. The van der Waals surface area contributed by atoms with Crippen LogP contribution in [0.1, 0.15) is 28.5 Å². The van der Waals surface area contributed by atoms with Crippen molar-refractivity contribution < 1.29 is 19.0 Å². The van der Waals surface area contributed by atoms with Crippen molar-refractivity contribution in [3.8, 4) is 11.5 Å². The van der Waals surface area contributed by atoms with E-state index in [0.29, 0.717) is 48.9 Å². The Hall–Kier alpha value is -3.32. The maximum absolute atomic E-state index is 12.9. The van der Waals surface area contributed by atoms with Crippen molar-refractivity contribution in [1.29, 1.82) is 0 Å². The number of amides is 1. The van der Waals surface area contributed by atoms with Crippen molar-refractivity contribution in [2.45, 2.75) is 19.9 Å². The zero-order valence-electron chi connectivity index (χ0n) is 17.6. The number of carbonyl (C=O) groups excluding carboxylic acids is 1. The molecular weight excluding hydrogens is 382 g/mol. The van der Waals surface area contributed by atoms with E-state index in [1.807, 2.05) is 41.9 Å². The fourth-order valence-corrected chi connectivity index (χ4v) is 3.17. The van der Waals surface area contributed by atoms with Gasteiger partial charge in [0.2, 0.25) is 0 Å². The minimum Gasteiger partial charge on any atom is -0.493 e. The minimum atomic E-state index is -0.209. The maximum atomic E-state index is 12.9. The molecule has 30 heavy (non-hydrogen) atoms. The van der Waals surface area contributed by atoms with Crippen LogP contribution in [0, 0.1) is 0 Å². The number of hydrogen-bond acceptors (Lipinski definition) is 5. The van der Waals surface area contributed by atoms with Gasteiger partial charge in [0.05, 0.1) is 37.7 Å². The zero-order chi connectivity index (χ0) is 21.3. The van der Waals surface area contributed by atoms with Crippen LogP contribution in [-0.2, 0) is 17.7 Å². The lowest BCUT2D eigenvalue weighted by Crippen LogP contribution is -2.15. The second-order valence-corrected chi connectivity index (χ2v) is 6.66. The molecule has 2 aromatic carbocycles. The summed E-state index contributed by atoms with van der Waals surface area (Å²) in [6.07, 6.45) is 2.32. The first-order valence-electron chi connectivity index (χ1n) is 9.86. The highest BCUT2D eigenvalue weighted by Gasteiger charge is 2.17. The van der Waals surface area contributed by atoms with Gasteiger partial charge >= 0.3 is 0 Å². The second kappa shape index (κ2) is 10.5. The molecule has 0 aliphatic heterocycles. The van der Waals surface area contributed by atoms with Crippen LogP contribution in [-0.4, -0.2) is 43.1 Å². The number of carbonyl (C=O) groups is 1. The van der Waals surface area contributed by atoms with Gasteiger partial charge in [0, 0.05) is 18.9 Å². The average Bonchev–Trinajstić information content (AvgIpc) is 3.17. The molecular formula is C23H27N3O4. The van der Waals surface area contributed by atoms with Crippen LogP contribution < -0.4 is 14.8 Å². The van der Waals surface area contributed by atoms with Gasteiger partial charge in [0.15, 0.2) is 11.5 Å². The molecule has 0 aliphatic carbocycles. The summed E-state index contributed by atoms with van der Waals surface area (Å²) in [6.45, 7) is 3.48. The number of aromatic nitrogens is 2. The molecule has 0 saturated heterocycles. The van der Waals surface area contributed by atoms with E-state index < -0.39 is 0 Å². The predicted octanol–water partition coefficient (Wildman–Crippen LogP) is 3.78. The Balaban J connectivity index is 1.76. The molecule has 1 N–H and O–H groups in total. The van der Waals surface area contributed by atoms with Crippen molar-refractivity contribution in [2.24, 2.45) is 0 Å². The van der Waals surface area contributed by atoms with Crippen LogP contribution in [0.15, 0.2) is 54.7 Å². The van der Waals surface area contributed by atoms with Crippen molar-refractivity contribution in [3.05, 3.63) is 71.5 Å². The molecule has 158 valence electrons. The van der Waals surface area contributed by atoms with Crippen molar-refractivity contribution >= 4 is 11.6 Å². The molecule has 1 amide bonds. The number of benzene rings is 2. The molecule has 0 radical (unpaired) electrons. The maximum Gasteiger partial charge on any atom is 0.259 e. The van der Waals surface area contributed by atoms with E-state index >= 15 is 0 Å². The number of methoxy groups -OCH3 is 2. The molecule has 1 aromatic heterocycles. The highest BCUT2D eigenvalue weighted by atomic mass is 16.5. The fourth-order valence-electron chi connectivity index (χ4n) is 3.17. The summed E-state index contributed by atoms with van der Waals surface area (Å²) in [5.41, 5.74) is 3.20. The smallest absolute Gasteiger partial charge is 0.259 e. The largest absolute Gasteiger partial charge is 0.493 e. The summed E-state index contributed by atoms with van der Waals surface area (Å²) < 4.78 is 17.9. The van der Waals surface area contributed by atoms with Gasteiger partial charge in [0.1, 0.15) is 6.61 Å². The summed E-state index contributed by atoms with van der Waals surface area (Å²) >= 11 is 0. The van der Waals surface area contributed by atoms with Crippen LogP contribution in [0.4, 0.5) is 5.69 Å². The molecule has 0 aliphatic rings. The van der Waals surface area contributed by atoms with E-state index in [2.05, 4.69) is 10.4 Å². The third-order valence-electron chi connectivity index (χ3n) is 4.67. The number of ether oxygens (including phenoxy) is 3. The van der Waals surface area contributed by atoms with Crippen LogP contribution in [0.3, 0.4) is 0 Å². The van der Waals surface area contributed by atoms with Gasteiger partial charge in [-0.3, -0.25) is 9.48 Å². The average molecular weight is 409 g/mol. The number of rotatable bonds is 10. The van der Waals surface area contributed by atoms with Crippen molar-refractivity contribution in [3.63, 3.8) is 0 Å². The van der Waals surface area contributed by atoms with Gasteiger partial charge in [-0.2, -0.15) is 5.10 Å². The first-order chi connectivity index (χ1) is 14.7. The summed E-state index contributed by atoms with van der Waals surface area (Å²) in [7, 11) is 3.19. The number of nitrogens with zero attached hydrogens (tertiary/aromatic N) is 2. The van der Waals surface area contributed by atoms with E-state index in [9.17, 15) is 4.79 Å². The molecule has 0 saturated carbocycles. The molecule has 7 nitrogen and oxygen atoms in total. The number of hydrogen-bond donors (Lipinski definition) is 1. The zero-order valence-corrected chi connectivity index (χ0v) is 17.6.